The van der Waals surface area contributed by atoms with Gasteiger partial charge in [0.15, 0.2) is 5.82 Å². The van der Waals surface area contributed by atoms with Crippen molar-refractivity contribution in [3.05, 3.63) is 71.5 Å². The van der Waals surface area contributed by atoms with E-state index in [1.54, 1.807) is 24.3 Å². The zero-order valence-electron chi connectivity index (χ0n) is 13.6. The van der Waals surface area contributed by atoms with E-state index >= 15 is 0 Å². The van der Waals surface area contributed by atoms with Crippen molar-refractivity contribution in [2.45, 2.75) is 6.92 Å². The maximum atomic E-state index is 12.4. The first-order valence-corrected chi connectivity index (χ1v) is 8.16. The molecule has 1 N–H and O–H groups in total. The number of anilines is 1. The van der Waals surface area contributed by atoms with Gasteiger partial charge in [0.25, 0.3) is 5.91 Å². The first kappa shape index (κ1) is 16.9. The predicted octanol–water partition coefficient (Wildman–Crippen LogP) is 4.45. The van der Waals surface area contributed by atoms with Crippen LogP contribution in [0.25, 0.3) is 11.4 Å². The summed E-state index contributed by atoms with van der Waals surface area (Å²) in [5, 5.41) is 3.46. The summed E-state index contributed by atoms with van der Waals surface area (Å²) in [6.07, 6.45) is 2.99. The molecule has 2 aromatic carbocycles. The number of carbonyl (C=O) groups excluding carboxylic acids is 1. The van der Waals surface area contributed by atoms with Crippen molar-refractivity contribution in [2.75, 3.05) is 11.9 Å². The summed E-state index contributed by atoms with van der Waals surface area (Å²) in [5.74, 6) is 0.856. The highest BCUT2D eigenvalue weighted by Crippen LogP contribution is 2.24. The minimum atomic E-state index is -0.296. The molecule has 1 heterocycles. The van der Waals surface area contributed by atoms with E-state index in [4.69, 9.17) is 16.3 Å². The molecule has 1 amide bonds. The van der Waals surface area contributed by atoms with Crippen LogP contribution in [0.1, 0.15) is 17.3 Å². The van der Waals surface area contributed by atoms with Crippen molar-refractivity contribution in [2.24, 2.45) is 0 Å². The Morgan fingerprint density at radius 2 is 1.76 bits per heavy atom. The molecule has 0 aliphatic rings. The van der Waals surface area contributed by atoms with Gasteiger partial charge in [-0.3, -0.25) is 4.79 Å². The van der Waals surface area contributed by atoms with E-state index in [2.05, 4.69) is 15.3 Å². The fourth-order valence-corrected chi connectivity index (χ4v) is 2.37. The van der Waals surface area contributed by atoms with Crippen LogP contribution in [0, 0.1) is 0 Å². The van der Waals surface area contributed by atoms with E-state index in [1.807, 2.05) is 31.2 Å². The summed E-state index contributed by atoms with van der Waals surface area (Å²) < 4.78 is 5.50. The van der Waals surface area contributed by atoms with Gasteiger partial charge in [0.05, 0.1) is 17.9 Å². The molecule has 6 heteroatoms. The highest BCUT2D eigenvalue weighted by atomic mass is 35.5. The molecule has 3 aromatic rings. The molecule has 0 spiro atoms. The summed E-state index contributed by atoms with van der Waals surface area (Å²) in [7, 11) is 0. The van der Waals surface area contributed by atoms with Crippen LogP contribution in [-0.4, -0.2) is 22.5 Å². The van der Waals surface area contributed by atoms with Crippen molar-refractivity contribution >= 4 is 23.2 Å². The second-order valence-corrected chi connectivity index (χ2v) is 5.62. The fraction of sp³-hybridized carbons (Fsp3) is 0.105. The van der Waals surface area contributed by atoms with Crippen LogP contribution in [-0.2, 0) is 0 Å². The lowest BCUT2D eigenvalue weighted by atomic mass is 10.2. The van der Waals surface area contributed by atoms with Crippen LogP contribution in [0.5, 0.6) is 5.75 Å². The number of halogens is 1. The Labute approximate surface area is 150 Å². The zero-order valence-corrected chi connectivity index (χ0v) is 14.3. The number of ether oxygens (including phenoxy) is 1. The lowest BCUT2D eigenvalue weighted by molar-refractivity contribution is 0.102. The number of hydrogen-bond donors (Lipinski definition) is 1. The molecule has 0 fully saturated rings. The van der Waals surface area contributed by atoms with E-state index in [0.29, 0.717) is 34.5 Å². The highest BCUT2D eigenvalue weighted by molar-refractivity contribution is 6.30. The Bertz CT molecular complexity index is 865. The van der Waals surface area contributed by atoms with Gasteiger partial charge in [0.1, 0.15) is 5.75 Å². The average Bonchev–Trinajstić information content (AvgIpc) is 2.64. The quantitative estimate of drug-likeness (QED) is 0.736. The van der Waals surface area contributed by atoms with Crippen LogP contribution in [0.4, 0.5) is 5.69 Å². The van der Waals surface area contributed by atoms with E-state index in [9.17, 15) is 4.79 Å². The van der Waals surface area contributed by atoms with Crippen molar-refractivity contribution in [3.8, 4) is 17.1 Å². The van der Waals surface area contributed by atoms with Crippen molar-refractivity contribution in [1.29, 1.82) is 0 Å². The third-order valence-corrected chi connectivity index (χ3v) is 3.70. The summed E-state index contributed by atoms with van der Waals surface area (Å²) in [6, 6.07) is 14.5. The molecule has 5 nitrogen and oxygen atoms in total. The third-order valence-electron chi connectivity index (χ3n) is 3.45. The lowest BCUT2D eigenvalue weighted by Gasteiger charge is -2.11. The summed E-state index contributed by atoms with van der Waals surface area (Å²) in [6.45, 7) is 2.41. The molecule has 126 valence electrons. The molecule has 0 unspecified atom stereocenters. The van der Waals surface area contributed by atoms with Gasteiger partial charge in [-0.25, -0.2) is 9.97 Å². The van der Waals surface area contributed by atoms with Crippen molar-refractivity contribution < 1.29 is 9.53 Å². The number of carbonyl (C=O) groups is 1. The van der Waals surface area contributed by atoms with Crippen LogP contribution in [0.3, 0.4) is 0 Å². The fourth-order valence-electron chi connectivity index (χ4n) is 2.24. The molecular weight excluding hydrogens is 338 g/mol. The number of benzene rings is 2. The van der Waals surface area contributed by atoms with E-state index < -0.39 is 0 Å². The SMILES string of the molecule is CCOc1ccccc1NC(=O)c1cnc(-c2ccc(Cl)cc2)nc1. The predicted molar refractivity (Wildman–Crippen MR) is 98.0 cm³/mol. The summed E-state index contributed by atoms with van der Waals surface area (Å²) >= 11 is 5.87. The van der Waals surface area contributed by atoms with Gasteiger partial charge in [-0.2, -0.15) is 0 Å². The Kier molecular flexibility index (Phi) is 5.26. The normalized spacial score (nSPS) is 10.3. The van der Waals surface area contributed by atoms with Gasteiger partial charge in [0.2, 0.25) is 0 Å². The summed E-state index contributed by atoms with van der Waals surface area (Å²) in [5.41, 5.74) is 1.80. The smallest absolute Gasteiger partial charge is 0.258 e. The molecule has 0 saturated heterocycles. The molecule has 1 aromatic heterocycles. The maximum Gasteiger partial charge on any atom is 0.258 e. The topological polar surface area (TPSA) is 64.1 Å². The van der Waals surface area contributed by atoms with Crippen LogP contribution in [0.15, 0.2) is 60.9 Å². The van der Waals surface area contributed by atoms with Gasteiger partial charge in [-0.1, -0.05) is 23.7 Å². The Morgan fingerprint density at radius 3 is 2.44 bits per heavy atom. The standard InChI is InChI=1S/C19H16ClN3O2/c1-2-25-17-6-4-3-5-16(17)23-19(24)14-11-21-18(22-12-14)13-7-9-15(20)10-8-13/h3-12H,2H2,1H3,(H,23,24). The van der Waals surface area contributed by atoms with Gasteiger partial charge in [0, 0.05) is 23.0 Å². The van der Waals surface area contributed by atoms with Crippen LogP contribution < -0.4 is 10.1 Å². The number of nitrogens with one attached hydrogen (secondary N) is 1. The molecule has 0 saturated carbocycles. The number of nitrogens with zero attached hydrogens (tertiary/aromatic N) is 2. The highest BCUT2D eigenvalue weighted by Gasteiger charge is 2.11. The van der Waals surface area contributed by atoms with Crippen molar-refractivity contribution in [3.63, 3.8) is 0 Å². The number of aromatic nitrogens is 2. The third kappa shape index (κ3) is 4.14. The lowest BCUT2D eigenvalue weighted by Crippen LogP contribution is -2.13. The van der Waals surface area contributed by atoms with E-state index in [0.717, 1.165) is 5.56 Å². The first-order chi connectivity index (χ1) is 12.2. The average molecular weight is 354 g/mol. The molecular formula is C19H16ClN3O2. The number of hydrogen-bond acceptors (Lipinski definition) is 4. The first-order valence-electron chi connectivity index (χ1n) is 7.78. The number of rotatable bonds is 5. The van der Waals surface area contributed by atoms with E-state index in [1.165, 1.54) is 12.4 Å². The van der Waals surface area contributed by atoms with E-state index in [-0.39, 0.29) is 5.91 Å². The van der Waals surface area contributed by atoms with Gasteiger partial charge in [-0.15, -0.1) is 0 Å². The monoisotopic (exact) mass is 353 g/mol. The van der Waals surface area contributed by atoms with Gasteiger partial charge < -0.3 is 10.1 Å². The van der Waals surface area contributed by atoms with Crippen molar-refractivity contribution in [1.82, 2.24) is 9.97 Å². The molecule has 25 heavy (non-hydrogen) atoms. The molecule has 0 aliphatic carbocycles. The zero-order chi connectivity index (χ0) is 17.6. The van der Waals surface area contributed by atoms with Crippen LogP contribution >= 0.6 is 11.6 Å². The Hall–Kier alpha value is -2.92. The second-order valence-electron chi connectivity index (χ2n) is 5.19. The van der Waals surface area contributed by atoms with Gasteiger partial charge >= 0.3 is 0 Å². The minimum Gasteiger partial charge on any atom is -0.492 e. The Morgan fingerprint density at radius 1 is 1.08 bits per heavy atom. The van der Waals surface area contributed by atoms with Crippen LogP contribution in [0.2, 0.25) is 5.02 Å². The number of amides is 1. The number of para-hydroxylation sites is 2. The largest absolute Gasteiger partial charge is 0.492 e. The molecule has 3 rings (SSSR count). The molecule has 0 aliphatic heterocycles. The molecule has 0 atom stereocenters. The molecule has 0 bridgehead atoms. The van der Waals surface area contributed by atoms with Gasteiger partial charge in [-0.05, 0) is 43.3 Å². The summed E-state index contributed by atoms with van der Waals surface area (Å²) in [4.78, 5) is 20.9. The maximum absolute atomic E-state index is 12.4. The Balaban J connectivity index is 1.76. The molecule has 0 radical (unpaired) electrons. The minimum absolute atomic E-state index is 0.296. The second kappa shape index (κ2) is 7.77.